The molecule has 3 nitrogen and oxygen atoms in total. The first-order chi connectivity index (χ1) is 12.5. The number of aryl methyl sites for hydroxylation is 2. The van der Waals surface area contributed by atoms with E-state index in [9.17, 15) is 9.18 Å². The minimum absolute atomic E-state index is 0.0770. The van der Waals surface area contributed by atoms with Crippen LogP contribution in [-0.2, 0) is 19.4 Å². The lowest BCUT2D eigenvalue weighted by atomic mass is 10.1. The average Bonchev–Trinajstić information content (AvgIpc) is 2.65. The van der Waals surface area contributed by atoms with Gasteiger partial charge in [-0.25, -0.2) is 4.39 Å². The van der Waals surface area contributed by atoms with Crippen LogP contribution >= 0.6 is 11.6 Å². The first-order valence-corrected chi connectivity index (χ1v) is 8.69. The average molecular weight is 372 g/mol. The van der Waals surface area contributed by atoms with E-state index in [1.807, 2.05) is 30.5 Å². The van der Waals surface area contributed by atoms with E-state index in [-0.39, 0.29) is 10.6 Å². The molecule has 26 heavy (non-hydrogen) atoms. The maximum absolute atomic E-state index is 13.6. The van der Waals surface area contributed by atoms with Crippen molar-refractivity contribution in [1.29, 1.82) is 0 Å². The van der Waals surface area contributed by atoms with Crippen molar-refractivity contribution in [1.82, 2.24) is 4.57 Å². The van der Waals surface area contributed by atoms with Crippen LogP contribution < -0.4 is 10.3 Å². The molecule has 1 aromatic heterocycles. The molecule has 0 aliphatic rings. The van der Waals surface area contributed by atoms with E-state index in [0.29, 0.717) is 12.1 Å². The molecule has 0 aliphatic carbocycles. The second-order valence-corrected chi connectivity index (χ2v) is 6.51. The molecule has 0 saturated carbocycles. The maximum Gasteiger partial charge on any atom is 0.250 e. The van der Waals surface area contributed by atoms with Crippen LogP contribution in [0.4, 0.5) is 4.39 Å². The molecule has 0 spiro atoms. The highest BCUT2D eigenvalue weighted by molar-refractivity contribution is 6.30. The number of hydrogen-bond donors (Lipinski definition) is 0. The number of pyridine rings is 1. The zero-order valence-electron chi connectivity index (χ0n) is 14.4. The van der Waals surface area contributed by atoms with Gasteiger partial charge >= 0.3 is 0 Å². The van der Waals surface area contributed by atoms with Crippen LogP contribution in [0.3, 0.4) is 0 Å². The van der Waals surface area contributed by atoms with Crippen molar-refractivity contribution < 1.29 is 9.13 Å². The lowest BCUT2D eigenvalue weighted by molar-refractivity contribution is 0.414. The molecule has 0 saturated heterocycles. The van der Waals surface area contributed by atoms with Gasteiger partial charge in [0.1, 0.15) is 11.6 Å². The number of methoxy groups -OCH3 is 1. The molecule has 0 amide bonds. The van der Waals surface area contributed by atoms with E-state index in [4.69, 9.17) is 16.3 Å². The number of aromatic nitrogens is 1. The summed E-state index contributed by atoms with van der Waals surface area (Å²) >= 11 is 5.71. The topological polar surface area (TPSA) is 31.2 Å². The Hall–Kier alpha value is -2.59. The summed E-state index contributed by atoms with van der Waals surface area (Å²) in [5.74, 6) is 0.351. The third kappa shape index (κ3) is 4.52. The van der Waals surface area contributed by atoms with Crippen LogP contribution in [0.2, 0.25) is 5.02 Å². The highest BCUT2D eigenvalue weighted by Gasteiger charge is 2.05. The number of benzene rings is 2. The predicted molar refractivity (Wildman–Crippen MR) is 102 cm³/mol. The summed E-state index contributed by atoms with van der Waals surface area (Å²) in [7, 11) is 1.65. The Kier molecular flexibility index (Phi) is 5.74. The van der Waals surface area contributed by atoms with Crippen molar-refractivity contribution in [3.8, 4) is 5.75 Å². The second-order valence-electron chi connectivity index (χ2n) is 6.10. The van der Waals surface area contributed by atoms with Crippen molar-refractivity contribution in [2.45, 2.75) is 19.4 Å². The van der Waals surface area contributed by atoms with Gasteiger partial charge in [-0.3, -0.25) is 4.79 Å². The normalized spacial score (nSPS) is 10.7. The fourth-order valence-electron chi connectivity index (χ4n) is 2.80. The first-order valence-electron chi connectivity index (χ1n) is 8.31. The minimum Gasteiger partial charge on any atom is -0.497 e. The van der Waals surface area contributed by atoms with Crippen LogP contribution in [0.1, 0.15) is 16.7 Å². The molecule has 0 N–H and O–H groups in total. The van der Waals surface area contributed by atoms with Crippen molar-refractivity contribution in [3.63, 3.8) is 0 Å². The Labute approximate surface area is 156 Å². The summed E-state index contributed by atoms with van der Waals surface area (Å²) < 4.78 is 20.4. The first kappa shape index (κ1) is 18.2. The van der Waals surface area contributed by atoms with E-state index in [1.165, 1.54) is 17.7 Å². The third-order valence-electron chi connectivity index (χ3n) is 4.22. The van der Waals surface area contributed by atoms with Gasteiger partial charge in [0.05, 0.1) is 18.7 Å². The lowest BCUT2D eigenvalue weighted by Gasteiger charge is -2.10. The number of ether oxygens (including phenoxy) is 1. The molecule has 0 aliphatic heterocycles. The molecule has 0 unspecified atom stereocenters. The Morgan fingerprint density at radius 1 is 1.00 bits per heavy atom. The largest absolute Gasteiger partial charge is 0.497 e. The van der Waals surface area contributed by atoms with E-state index in [2.05, 4.69) is 6.07 Å². The molecule has 0 bridgehead atoms. The van der Waals surface area contributed by atoms with Gasteiger partial charge in [0, 0.05) is 12.3 Å². The molecule has 3 aromatic rings. The summed E-state index contributed by atoms with van der Waals surface area (Å²) in [6.07, 6.45) is 3.46. The van der Waals surface area contributed by atoms with Crippen molar-refractivity contribution >= 4 is 11.6 Å². The molecule has 0 atom stereocenters. The molecule has 1 heterocycles. The van der Waals surface area contributed by atoms with Gasteiger partial charge in [0.2, 0.25) is 0 Å². The molecule has 134 valence electrons. The van der Waals surface area contributed by atoms with Crippen molar-refractivity contribution in [2.75, 3.05) is 7.11 Å². The van der Waals surface area contributed by atoms with E-state index >= 15 is 0 Å². The Balaban J connectivity index is 1.74. The number of hydrogen-bond acceptors (Lipinski definition) is 2. The minimum atomic E-state index is -0.480. The number of nitrogens with zero attached hydrogens (tertiary/aromatic N) is 1. The highest BCUT2D eigenvalue weighted by atomic mass is 35.5. The smallest absolute Gasteiger partial charge is 0.250 e. The van der Waals surface area contributed by atoms with Crippen LogP contribution in [0.15, 0.2) is 65.6 Å². The van der Waals surface area contributed by atoms with E-state index < -0.39 is 5.82 Å². The van der Waals surface area contributed by atoms with Gasteiger partial charge in [-0.05, 0) is 53.8 Å². The lowest BCUT2D eigenvalue weighted by Crippen LogP contribution is -2.20. The zero-order chi connectivity index (χ0) is 18.5. The van der Waals surface area contributed by atoms with Gasteiger partial charge in [0.15, 0.2) is 0 Å². The fraction of sp³-hybridized carbons (Fsp3) is 0.190. The monoisotopic (exact) mass is 371 g/mol. The summed E-state index contributed by atoms with van der Waals surface area (Å²) in [6, 6.07) is 15.9. The van der Waals surface area contributed by atoms with E-state index in [1.54, 1.807) is 23.8 Å². The molecule has 0 fully saturated rings. The summed E-state index contributed by atoms with van der Waals surface area (Å²) in [5.41, 5.74) is 2.79. The molecule has 2 aromatic carbocycles. The molecule has 3 rings (SSSR count). The fourth-order valence-corrected chi connectivity index (χ4v) is 2.92. The SMILES string of the molecule is COc1cccc(CCc2ccc(=O)n(Cc3ccc(Cl)c(F)c3)c2)c1. The zero-order valence-corrected chi connectivity index (χ0v) is 15.2. The predicted octanol–water partition coefficient (Wildman–Crippen LogP) is 4.48. The summed E-state index contributed by atoms with van der Waals surface area (Å²) in [4.78, 5) is 12.1. The molecular weight excluding hydrogens is 353 g/mol. The van der Waals surface area contributed by atoms with Crippen molar-refractivity contribution in [2.24, 2.45) is 0 Å². The number of halogens is 2. The second kappa shape index (κ2) is 8.19. The molecular formula is C21H19ClFNO2. The Morgan fingerprint density at radius 2 is 1.77 bits per heavy atom. The van der Waals surface area contributed by atoms with Crippen LogP contribution in [0.25, 0.3) is 0 Å². The summed E-state index contributed by atoms with van der Waals surface area (Å²) in [5, 5.41) is 0.0770. The van der Waals surface area contributed by atoms with Gasteiger partial charge < -0.3 is 9.30 Å². The third-order valence-corrected chi connectivity index (χ3v) is 4.52. The van der Waals surface area contributed by atoms with Crippen molar-refractivity contribution in [3.05, 3.63) is 98.7 Å². The maximum atomic E-state index is 13.6. The van der Waals surface area contributed by atoms with Crippen LogP contribution in [-0.4, -0.2) is 11.7 Å². The number of rotatable bonds is 6. The Morgan fingerprint density at radius 3 is 2.54 bits per heavy atom. The summed E-state index contributed by atoms with van der Waals surface area (Å²) in [6.45, 7) is 0.305. The van der Waals surface area contributed by atoms with Gasteiger partial charge in [-0.2, -0.15) is 0 Å². The van der Waals surface area contributed by atoms with E-state index in [0.717, 1.165) is 24.2 Å². The highest BCUT2D eigenvalue weighted by Crippen LogP contribution is 2.17. The molecule has 0 radical (unpaired) electrons. The van der Waals surface area contributed by atoms with Gasteiger partial charge in [-0.1, -0.05) is 35.9 Å². The standard InChI is InChI=1S/C21H19ClFNO2/c1-26-18-4-2-3-15(11-18)5-6-16-8-10-21(25)24(13-16)14-17-7-9-19(22)20(23)12-17/h2-4,7-13H,5-6,14H2,1H3. The van der Waals surface area contributed by atoms with Gasteiger partial charge in [-0.15, -0.1) is 0 Å². The quantitative estimate of drug-likeness (QED) is 0.639. The van der Waals surface area contributed by atoms with Gasteiger partial charge in [0.25, 0.3) is 5.56 Å². The Bertz CT molecular complexity index is 968. The van der Waals surface area contributed by atoms with Crippen LogP contribution in [0.5, 0.6) is 5.75 Å². The van der Waals surface area contributed by atoms with Crippen LogP contribution in [0, 0.1) is 5.82 Å². The molecule has 5 heteroatoms.